The molecule has 0 amide bonds. The first kappa shape index (κ1) is 15.1. The highest BCUT2D eigenvalue weighted by atomic mass is 19.1. The van der Waals surface area contributed by atoms with Gasteiger partial charge in [-0.25, -0.2) is 4.98 Å². The Balaban J connectivity index is 2.14. The number of benzene rings is 1. The monoisotopic (exact) mass is 292 g/mol. The maximum atomic E-state index is 13.3. The van der Waals surface area contributed by atoms with E-state index in [-0.39, 0.29) is 0 Å². The number of halogens is 1. The van der Waals surface area contributed by atoms with Gasteiger partial charge in [0, 0.05) is 11.6 Å². The van der Waals surface area contributed by atoms with Crippen LogP contribution < -0.4 is 5.32 Å². The van der Waals surface area contributed by atoms with Crippen LogP contribution in [0, 0.1) is 21.8 Å². The summed E-state index contributed by atoms with van der Waals surface area (Å²) < 4.78 is 13.3. The van der Waals surface area contributed by atoms with Gasteiger partial charge in [0.25, 0.3) is 0 Å². The number of hydrogen-bond donors (Lipinski definition) is 2. The molecule has 0 fully saturated rings. The van der Waals surface area contributed by atoms with Crippen molar-refractivity contribution in [3.63, 3.8) is 0 Å². The number of aromatic amines is 1. The number of nitrogens with zero attached hydrogens (tertiary/aromatic N) is 2. The van der Waals surface area contributed by atoms with E-state index in [1.54, 1.807) is 6.20 Å². The van der Waals surface area contributed by atoms with Crippen molar-refractivity contribution in [3.8, 4) is 11.3 Å². The van der Waals surface area contributed by atoms with Crippen LogP contribution in [0.5, 0.6) is 0 Å². The molecule has 0 spiro atoms. The molecule has 7 heteroatoms. The molecule has 0 saturated heterocycles. The van der Waals surface area contributed by atoms with E-state index in [2.05, 4.69) is 29.1 Å². The maximum absolute atomic E-state index is 13.3. The molecule has 0 bridgehead atoms. The Morgan fingerprint density at radius 3 is 2.90 bits per heavy atom. The fourth-order valence-electron chi connectivity index (χ4n) is 1.90. The molecular formula is C14H17FN4O2. The average Bonchev–Trinajstić information content (AvgIpc) is 2.87. The van der Waals surface area contributed by atoms with Crippen molar-refractivity contribution in [1.29, 1.82) is 0 Å². The Morgan fingerprint density at radius 2 is 2.24 bits per heavy atom. The van der Waals surface area contributed by atoms with Crippen LogP contribution in [0.25, 0.3) is 11.3 Å². The van der Waals surface area contributed by atoms with Crippen LogP contribution in [-0.4, -0.2) is 21.4 Å². The Morgan fingerprint density at radius 1 is 1.48 bits per heavy atom. The smallest absolute Gasteiger partial charge is 0.305 e. The van der Waals surface area contributed by atoms with Crippen LogP contribution >= 0.6 is 0 Å². The molecule has 0 saturated carbocycles. The Bertz CT molecular complexity index is 640. The minimum atomic E-state index is -0.845. The summed E-state index contributed by atoms with van der Waals surface area (Å²) in [6.07, 6.45) is 1.59. The Labute approximate surface area is 121 Å². The van der Waals surface area contributed by atoms with Crippen molar-refractivity contribution < 1.29 is 9.31 Å². The van der Waals surface area contributed by atoms with Crippen molar-refractivity contribution in [2.75, 3.05) is 6.54 Å². The number of nitrogens with one attached hydrogen (secondary N) is 2. The zero-order chi connectivity index (χ0) is 15.4. The van der Waals surface area contributed by atoms with Gasteiger partial charge in [0.1, 0.15) is 5.82 Å². The fraction of sp³-hybridized carbons (Fsp3) is 0.357. The predicted octanol–water partition coefficient (Wildman–Crippen LogP) is 2.87. The molecule has 0 atom stereocenters. The molecule has 0 aliphatic carbocycles. The van der Waals surface area contributed by atoms with Gasteiger partial charge in [-0.3, -0.25) is 10.1 Å². The Kier molecular flexibility index (Phi) is 4.64. The molecule has 0 aliphatic heterocycles. The molecule has 21 heavy (non-hydrogen) atoms. The second-order valence-corrected chi connectivity index (χ2v) is 5.19. The molecular weight excluding hydrogens is 275 g/mol. The molecule has 6 nitrogen and oxygen atoms in total. The molecule has 0 aliphatic rings. The van der Waals surface area contributed by atoms with Crippen LogP contribution in [0.15, 0.2) is 24.4 Å². The van der Waals surface area contributed by atoms with Gasteiger partial charge in [-0.15, -0.1) is 0 Å². The summed E-state index contributed by atoms with van der Waals surface area (Å²) in [5.74, 6) is 0.430. The quantitative estimate of drug-likeness (QED) is 0.633. The highest BCUT2D eigenvalue weighted by Gasteiger charge is 2.15. The summed E-state index contributed by atoms with van der Waals surface area (Å²) in [5, 5.41) is 14.0. The van der Waals surface area contributed by atoms with Crippen LogP contribution in [-0.2, 0) is 6.54 Å². The van der Waals surface area contributed by atoms with E-state index in [0.29, 0.717) is 23.7 Å². The molecule has 1 aromatic heterocycles. The van der Waals surface area contributed by atoms with Crippen molar-refractivity contribution in [3.05, 3.63) is 46.2 Å². The second-order valence-electron chi connectivity index (χ2n) is 5.19. The standard InChI is InChI=1S/C14H17FN4O2/c1-9(2)6-16-8-14-17-7-12(18-14)10-3-4-11(15)13(5-10)19(20)21/h3-5,7,9,16H,6,8H2,1-2H3,(H,17,18). The number of rotatable bonds is 6. The third-order valence-electron chi connectivity index (χ3n) is 2.93. The third-order valence-corrected chi connectivity index (χ3v) is 2.93. The van der Waals surface area contributed by atoms with Crippen molar-refractivity contribution in [2.24, 2.45) is 5.92 Å². The van der Waals surface area contributed by atoms with Gasteiger partial charge in [-0.1, -0.05) is 13.8 Å². The first-order valence-corrected chi connectivity index (χ1v) is 6.66. The van der Waals surface area contributed by atoms with E-state index in [9.17, 15) is 14.5 Å². The number of hydrogen-bond acceptors (Lipinski definition) is 4. The number of H-pyrrole nitrogens is 1. The largest absolute Gasteiger partial charge is 0.341 e. The van der Waals surface area contributed by atoms with Crippen LogP contribution in [0.2, 0.25) is 0 Å². The highest BCUT2D eigenvalue weighted by molar-refractivity contribution is 5.62. The summed E-state index contributed by atoms with van der Waals surface area (Å²) in [5.41, 5.74) is 0.617. The molecule has 0 unspecified atom stereocenters. The minimum absolute atomic E-state index is 0.533. The molecule has 2 rings (SSSR count). The van der Waals surface area contributed by atoms with E-state index in [0.717, 1.165) is 18.4 Å². The Hall–Kier alpha value is -2.28. The topological polar surface area (TPSA) is 83.8 Å². The van der Waals surface area contributed by atoms with E-state index in [4.69, 9.17) is 0 Å². The highest BCUT2D eigenvalue weighted by Crippen LogP contribution is 2.25. The van der Waals surface area contributed by atoms with E-state index in [1.807, 2.05) is 0 Å². The lowest BCUT2D eigenvalue weighted by Crippen LogP contribution is -2.19. The first-order chi connectivity index (χ1) is 9.97. The predicted molar refractivity (Wildman–Crippen MR) is 77.2 cm³/mol. The molecule has 2 aromatic rings. The number of nitro benzene ring substituents is 1. The zero-order valence-corrected chi connectivity index (χ0v) is 11.9. The van der Waals surface area contributed by atoms with Crippen molar-refractivity contribution in [1.82, 2.24) is 15.3 Å². The van der Waals surface area contributed by atoms with Crippen LogP contribution in [0.1, 0.15) is 19.7 Å². The summed E-state index contributed by atoms with van der Waals surface area (Å²) >= 11 is 0. The lowest BCUT2D eigenvalue weighted by atomic mass is 10.1. The van der Waals surface area contributed by atoms with E-state index >= 15 is 0 Å². The van der Waals surface area contributed by atoms with E-state index < -0.39 is 16.4 Å². The fourth-order valence-corrected chi connectivity index (χ4v) is 1.90. The molecule has 2 N–H and O–H groups in total. The maximum Gasteiger partial charge on any atom is 0.305 e. The minimum Gasteiger partial charge on any atom is -0.341 e. The summed E-state index contributed by atoms with van der Waals surface area (Å²) in [7, 11) is 0. The van der Waals surface area contributed by atoms with Crippen LogP contribution in [0.4, 0.5) is 10.1 Å². The molecule has 1 heterocycles. The second kappa shape index (κ2) is 6.45. The molecule has 0 radical (unpaired) electrons. The van der Waals surface area contributed by atoms with Crippen molar-refractivity contribution in [2.45, 2.75) is 20.4 Å². The van der Waals surface area contributed by atoms with Gasteiger partial charge < -0.3 is 10.3 Å². The van der Waals surface area contributed by atoms with Crippen molar-refractivity contribution >= 4 is 5.69 Å². The van der Waals surface area contributed by atoms with Crippen LogP contribution in [0.3, 0.4) is 0 Å². The normalized spacial score (nSPS) is 11.0. The van der Waals surface area contributed by atoms with Gasteiger partial charge in [-0.2, -0.15) is 4.39 Å². The van der Waals surface area contributed by atoms with Gasteiger partial charge in [0.05, 0.1) is 23.4 Å². The van der Waals surface area contributed by atoms with Gasteiger partial charge >= 0.3 is 5.69 Å². The third kappa shape index (κ3) is 3.85. The lowest BCUT2D eigenvalue weighted by Gasteiger charge is -2.05. The molecule has 1 aromatic carbocycles. The molecule has 112 valence electrons. The number of imidazole rings is 1. The van der Waals surface area contributed by atoms with Gasteiger partial charge in [0.2, 0.25) is 5.82 Å². The number of aromatic nitrogens is 2. The first-order valence-electron chi connectivity index (χ1n) is 6.66. The number of nitro groups is 1. The van der Waals surface area contributed by atoms with Gasteiger partial charge in [0.15, 0.2) is 0 Å². The SMILES string of the molecule is CC(C)CNCc1ncc(-c2ccc(F)c([N+](=O)[O-])c2)[nH]1. The summed E-state index contributed by atoms with van der Waals surface area (Å²) in [6, 6.07) is 3.78. The summed E-state index contributed by atoms with van der Waals surface area (Å²) in [6.45, 7) is 5.68. The summed E-state index contributed by atoms with van der Waals surface area (Å²) in [4.78, 5) is 17.3. The van der Waals surface area contributed by atoms with E-state index in [1.165, 1.54) is 12.1 Å². The average molecular weight is 292 g/mol. The zero-order valence-electron chi connectivity index (χ0n) is 11.9. The lowest BCUT2D eigenvalue weighted by molar-refractivity contribution is -0.387. The van der Waals surface area contributed by atoms with Gasteiger partial charge in [-0.05, 0) is 24.6 Å².